The van der Waals surface area contributed by atoms with Crippen LogP contribution in [0.2, 0.25) is 0 Å². The second kappa shape index (κ2) is 8.88. The molecule has 1 aromatic heterocycles. The third kappa shape index (κ3) is 3.87. The van der Waals surface area contributed by atoms with Crippen molar-refractivity contribution in [3.63, 3.8) is 0 Å². The number of benzene rings is 2. The van der Waals surface area contributed by atoms with Gasteiger partial charge in [0.1, 0.15) is 0 Å². The van der Waals surface area contributed by atoms with Crippen LogP contribution < -0.4 is 0 Å². The fraction of sp³-hybridized carbons (Fsp3) is 0.160. The highest BCUT2D eigenvalue weighted by molar-refractivity contribution is 8.18. The maximum Gasteiger partial charge on any atom is 0.337 e. The van der Waals surface area contributed by atoms with Gasteiger partial charge in [0.25, 0.3) is 5.91 Å². The average molecular weight is 446 g/mol. The summed E-state index contributed by atoms with van der Waals surface area (Å²) in [6.45, 7) is 6.62. The summed E-state index contributed by atoms with van der Waals surface area (Å²) >= 11 is 1.34. The number of amidine groups is 1. The van der Waals surface area contributed by atoms with E-state index in [-0.39, 0.29) is 5.91 Å². The number of ether oxygens (including phenoxy) is 1. The smallest absolute Gasteiger partial charge is 0.337 e. The first-order chi connectivity index (χ1) is 15.4. The normalized spacial score (nSPS) is 16.3. The van der Waals surface area contributed by atoms with Crippen LogP contribution in [0.25, 0.3) is 17.0 Å². The predicted octanol–water partition coefficient (Wildman–Crippen LogP) is 5.16. The number of amides is 1. The molecule has 0 saturated carbocycles. The summed E-state index contributed by atoms with van der Waals surface area (Å²) in [5.41, 5.74) is 4.32. The van der Waals surface area contributed by atoms with Gasteiger partial charge in [0.05, 0.1) is 23.3 Å². The van der Waals surface area contributed by atoms with Gasteiger partial charge in [-0.15, -0.1) is 6.58 Å². The van der Waals surface area contributed by atoms with Crippen molar-refractivity contribution in [2.24, 2.45) is 4.99 Å². The number of fused-ring (bicyclic) bond motifs is 1. The van der Waals surface area contributed by atoms with E-state index < -0.39 is 5.97 Å². The molecule has 162 valence electrons. The number of methoxy groups -OCH3 is 1. The fourth-order valence-electron chi connectivity index (χ4n) is 3.69. The van der Waals surface area contributed by atoms with Crippen LogP contribution in [0.15, 0.2) is 71.1 Å². The number of rotatable bonds is 5. The van der Waals surface area contributed by atoms with Crippen molar-refractivity contribution in [2.75, 3.05) is 14.2 Å². The minimum atomic E-state index is -0.400. The molecule has 0 spiro atoms. The number of para-hydroxylation sites is 1. The van der Waals surface area contributed by atoms with Gasteiger partial charge in [-0.05, 0) is 55.1 Å². The summed E-state index contributed by atoms with van der Waals surface area (Å²) in [7, 11) is 3.06. The van der Waals surface area contributed by atoms with Gasteiger partial charge in [0.15, 0.2) is 5.17 Å². The lowest BCUT2D eigenvalue weighted by molar-refractivity contribution is -0.121. The molecule has 32 heavy (non-hydrogen) atoms. The molecular weight excluding hydrogens is 422 g/mol. The van der Waals surface area contributed by atoms with Crippen molar-refractivity contribution < 1.29 is 14.3 Å². The van der Waals surface area contributed by atoms with Crippen molar-refractivity contribution >= 4 is 51.5 Å². The molecule has 1 saturated heterocycles. The second-order valence-electron chi connectivity index (χ2n) is 7.32. The van der Waals surface area contributed by atoms with E-state index in [2.05, 4.69) is 35.2 Å². The zero-order chi connectivity index (χ0) is 22.8. The number of aromatic nitrogens is 1. The largest absolute Gasteiger partial charge is 0.465 e. The number of aliphatic imine (C=N–C) groups is 1. The Morgan fingerprint density at radius 1 is 1.19 bits per heavy atom. The number of hydrogen-bond acceptors (Lipinski definition) is 5. The molecule has 2 aromatic carbocycles. The number of thioether (sulfide) groups is 1. The zero-order valence-electron chi connectivity index (χ0n) is 18.2. The number of nitrogens with zero attached hydrogens (tertiary/aromatic N) is 3. The quantitative estimate of drug-likeness (QED) is 0.309. The van der Waals surface area contributed by atoms with Crippen molar-refractivity contribution in [3.8, 4) is 0 Å². The second-order valence-corrected chi connectivity index (χ2v) is 8.33. The Labute approximate surface area is 190 Å². The van der Waals surface area contributed by atoms with Gasteiger partial charge in [-0.25, -0.2) is 9.79 Å². The zero-order valence-corrected chi connectivity index (χ0v) is 19.0. The molecule has 1 aliphatic heterocycles. The number of esters is 1. The highest BCUT2D eigenvalue weighted by Gasteiger charge is 2.31. The molecule has 7 heteroatoms. The molecule has 3 aromatic rings. The maximum absolute atomic E-state index is 12.9. The van der Waals surface area contributed by atoms with E-state index in [0.29, 0.717) is 27.9 Å². The summed E-state index contributed by atoms with van der Waals surface area (Å²) < 4.78 is 6.92. The van der Waals surface area contributed by atoms with Gasteiger partial charge in [0, 0.05) is 35.8 Å². The molecule has 0 bridgehead atoms. The highest BCUT2D eigenvalue weighted by Crippen LogP contribution is 2.36. The van der Waals surface area contributed by atoms with Crippen LogP contribution in [0.1, 0.15) is 21.6 Å². The standard InChI is InChI=1S/C25H23N3O3S/c1-5-14-28-16(2)20(19-8-6-7-9-21(19)28)15-22-23(29)27(3)25(32-22)26-18-12-10-17(11-13-18)24(30)31-4/h5-13,15H,1,14H2,2-4H3/b22-15-,26-25?. The van der Waals surface area contributed by atoms with Crippen molar-refractivity contribution in [2.45, 2.75) is 13.5 Å². The molecule has 1 aliphatic rings. The summed E-state index contributed by atoms with van der Waals surface area (Å²) in [6.07, 6.45) is 3.82. The van der Waals surface area contributed by atoms with Crippen molar-refractivity contribution in [3.05, 3.63) is 82.9 Å². The summed E-state index contributed by atoms with van der Waals surface area (Å²) in [4.78, 5) is 31.3. The Morgan fingerprint density at radius 2 is 1.91 bits per heavy atom. The van der Waals surface area contributed by atoms with Crippen LogP contribution in [0.5, 0.6) is 0 Å². The van der Waals surface area contributed by atoms with Gasteiger partial charge >= 0.3 is 5.97 Å². The molecular formula is C25H23N3O3S. The molecule has 0 N–H and O–H groups in total. The summed E-state index contributed by atoms with van der Waals surface area (Å²) in [5, 5.41) is 1.68. The lowest BCUT2D eigenvalue weighted by atomic mass is 10.1. The SMILES string of the molecule is C=CCn1c(C)c(/C=C2\SC(=Nc3ccc(C(=O)OC)cc3)N(C)C2=O)c2ccccc21. The van der Waals surface area contributed by atoms with Crippen LogP contribution in [0.3, 0.4) is 0 Å². The Bertz CT molecular complexity index is 1290. The number of carbonyl (C=O) groups excluding carboxylic acids is 2. The Hall–Kier alpha value is -3.58. The van der Waals surface area contributed by atoms with Crippen LogP contribution in [-0.2, 0) is 16.1 Å². The van der Waals surface area contributed by atoms with Crippen LogP contribution in [0, 0.1) is 6.92 Å². The number of likely N-dealkylation sites (N-methyl/N-ethyl adjacent to an activating group) is 1. The molecule has 6 nitrogen and oxygen atoms in total. The molecule has 0 aliphatic carbocycles. The Balaban J connectivity index is 1.69. The van der Waals surface area contributed by atoms with Crippen LogP contribution in [-0.4, -0.2) is 40.7 Å². The van der Waals surface area contributed by atoms with E-state index in [9.17, 15) is 9.59 Å². The first-order valence-corrected chi connectivity index (χ1v) is 10.9. The van der Waals surface area contributed by atoms with E-state index >= 15 is 0 Å². The number of hydrogen-bond donors (Lipinski definition) is 0. The van der Waals surface area contributed by atoms with E-state index in [4.69, 9.17) is 4.74 Å². The van der Waals surface area contributed by atoms with Gasteiger partial charge in [0.2, 0.25) is 0 Å². The third-order valence-corrected chi connectivity index (χ3v) is 6.44. The molecule has 0 atom stereocenters. The average Bonchev–Trinajstić information content (AvgIpc) is 3.23. The fourth-order valence-corrected chi connectivity index (χ4v) is 4.66. The first kappa shape index (κ1) is 21.6. The lowest BCUT2D eigenvalue weighted by Gasteiger charge is -2.07. The van der Waals surface area contributed by atoms with Crippen molar-refractivity contribution in [1.29, 1.82) is 0 Å². The van der Waals surface area contributed by atoms with Crippen LogP contribution in [0.4, 0.5) is 5.69 Å². The minimum Gasteiger partial charge on any atom is -0.465 e. The summed E-state index contributed by atoms with van der Waals surface area (Å²) in [6, 6.07) is 14.9. The first-order valence-electron chi connectivity index (χ1n) is 10.1. The lowest BCUT2D eigenvalue weighted by Crippen LogP contribution is -2.23. The summed E-state index contributed by atoms with van der Waals surface area (Å²) in [5.74, 6) is -0.497. The van der Waals surface area contributed by atoms with E-state index in [1.165, 1.54) is 18.9 Å². The van der Waals surface area contributed by atoms with Crippen molar-refractivity contribution in [1.82, 2.24) is 9.47 Å². The van der Waals surface area contributed by atoms with E-state index in [1.807, 2.05) is 24.3 Å². The molecule has 1 fully saturated rings. The third-order valence-electron chi connectivity index (χ3n) is 5.38. The Morgan fingerprint density at radius 3 is 2.59 bits per heavy atom. The van der Waals surface area contributed by atoms with E-state index in [1.54, 1.807) is 36.2 Å². The minimum absolute atomic E-state index is 0.0973. The molecule has 0 radical (unpaired) electrons. The molecule has 4 rings (SSSR count). The maximum atomic E-state index is 12.9. The molecule has 0 unspecified atom stereocenters. The van der Waals surface area contributed by atoms with E-state index in [0.717, 1.165) is 22.2 Å². The predicted molar refractivity (Wildman–Crippen MR) is 130 cm³/mol. The van der Waals surface area contributed by atoms with Gasteiger partial charge in [-0.3, -0.25) is 9.69 Å². The molecule has 1 amide bonds. The van der Waals surface area contributed by atoms with Gasteiger partial charge < -0.3 is 9.30 Å². The number of carbonyl (C=O) groups is 2. The Kier molecular flexibility index (Phi) is 6.01. The van der Waals surface area contributed by atoms with Crippen LogP contribution >= 0.6 is 11.8 Å². The monoisotopic (exact) mass is 445 g/mol. The number of allylic oxidation sites excluding steroid dienone is 1. The molecule has 2 heterocycles. The van der Waals surface area contributed by atoms with Gasteiger partial charge in [-0.1, -0.05) is 24.3 Å². The highest BCUT2D eigenvalue weighted by atomic mass is 32.2. The van der Waals surface area contributed by atoms with Gasteiger partial charge in [-0.2, -0.15) is 0 Å². The topological polar surface area (TPSA) is 63.9 Å².